The quantitative estimate of drug-likeness (QED) is 0.658. The van der Waals surface area contributed by atoms with E-state index in [1.807, 2.05) is 12.1 Å². The third-order valence-corrected chi connectivity index (χ3v) is 3.31. The van der Waals surface area contributed by atoms with Crippen LogP contribution in [0.15, 0.2) is 24.3 Å². The highest BCUT2D eigenvalue weighted by molar-refractivity contribution is 5.34. The molecular weight excluding hydrogens is 232 g/mol. The number of non-ortho nitro benzene ring substituents is 1. The molecule has 1 aromatic carbocycles. The second-order valence-electron chi connectivity index (χ2n) is 4.62. The van der Waals surface area contributed by atoms with E-state index < -0.39 is 0 Å². The first-order valence-electron chi connectivity index (χ1n) is 6.25. The molecular formula is C13H18N2O3. The summed E-state index contributed by atoms with van der Waals surface area (Å²) in [6.45, 7) is 3.70. The second kappa shape index (κ2) is 5.93. The van der Waals surface area contributed by atoms with Gasteiger partial charge in [0, 0.05) is 37.4 Å². The van der Waals surface area contributed by atoms with Crippen molar-refractivity contribution in [2.75, 3.05) is 13.2 Å². The van der Waals surface area contributed by atoms with Crippen LogP contribution in [0.5, 0.6) is 0 Å². The smallest absolute Gasteiger partial charge is 0.269 e. The summed E-state index contributed by atoms with van der Waals surface area (Å²) in [7, 11) is 0. The van der Waals surface area contributed by atoms with E-state index in [0.29, 0.717) is 6.04 Å². The van der Waals surface area contributed by atoms with Gasteiger partial charge in [0.1, 0.15) is 0 Å². The lowest BCUT2D eigenvalue weighted by Gasteiger charge is -2.26. The number of nitrogens with one attached hydrogen (secondary N) is 1. The Morgan fingerprint density at radius 1 is 1.33 bits per heavy atom. The molecule has 5 nitrogen and oxygen atoms in total. The number of nitrogens with zero attached hydrogens (tertiary/aromatic N) is 1. The summed E-state index contributed by atoms with van der Waals surface area (Å²) in [5.41, 5.74) is 1.21. The predicted octanol–water partition coefficient (Wildman–Crippen LogP) is 2.42. The van der Waals surface area contributed by atoms with E-state index in [4.69, 9.17) is 4.74 Å². The minimum atomic E-state index is -0.375. The summed E-state index contributed by atoms with van der Waals surface area (Å²) in [5.74, 6) is 0. The summed E-state index contributed by atoms with van der Waals surface area (Å²) in [6.07, 6.45) is 2.05. The van der Waals surface area contributed by atoms with Crippen LogP contribution in [-0.4, -0.2) is 24.2 Å². The Morgan fingerprint density at radius 3 is 2.50 bits per heavy atom. The molecule has 1 atom stereocenters. The molecule has 1 N–H and O–H groups in total. The highest BCUT2D eigenvalue weighted by Gasteiger charge is 2.17. The van der Waals surface area contributed by atoms with Gasteiger partial charge in [-0.05, 0) is 25.3 Å². The van der Waals surface area contributed by atoms with Crippen molar-refractivity contribution in [3.63, 3.8) is 0 Å². The summed E-state index contributed by atoms with van der Waals surface area (Å²) in [4.78, 5) is 10.2. The molecule has 1 unspecified atom stereocenters. The summed E-state index contributed by atoms with van der Waals surface area (Å²) in [6, 6.07) is 7.41. The zero-order valence-corrected chi connectivity index (χ0v) is 10.5. The van der Waals surface area contributed by atoms with Crippen LogP contribution in [0.2, 0.25) is 0 Å². The molecule has 0 aliphatic carbocycles. The molecule has 0 bridgehead atoms. The van der Waals surface area contributed by atoms with Gasteiger partial charge in [-0.25, -0.2) is 0 Å². The lowest BCUT2D eigenvalue weighted by molar-refractivity contribution is -0.384. The largest absolute Gasteiger partial charge is 0.381 e. The van der Waals surface area contributed by atoms with E-state index >= 15 is 0 Å². The van der Waals surface area contributed by atoms with Crippen molar-refractivity contribution in [2.24, 2.45) is 0 Å². The zero-order valence-electron chi connectivity index (χ0n) is 10.5. The summed E-state index contributed by atoms with van der Waals surface area (Å²) >= 11 is 0. The molecule has 0 aromatic heterocycles. The average molecular weight is 250 g/mol. The maximum Gasteiger partial charge on any atom is 0.269 e. The minimum Gasteiger partial charge on any atom is -0.381 e. The van der Waals surface area contributed by atoms with Crippen molar-refractivity contribution in [3.8, 4) is 0 Å². The lowest BCUT2D eigenvalue weighted by Crippen LogP contribution is -2.36. The van der Waals surface area contributed by atoms with Gasteiger partial charge in [-0.15, -0.1) is 0 Å². The van der Waals surface area contributed by atoms with E-state index in [-0.39, 0.29) is 16.7 Å². The van der Waals surface area contributed by atoms with Crippen molar-refractivity contribution in [3.05, 3.63) is 39.9 Å². The normalized spacial score (nSPS) is 18.5. The van der Waals surface area contributed by atoms with Crippen molar-refractivity contribution >= 4 is 5.69 Å². The third kappa shape index (κ3) is 3.27. The van der Waals surface area contributed by atoms with E-state index in [1.165, 1.54) is 0 Å². The van der Waals surface area contributed by atoms with Crippen LogP contribution in [0.3, 0.4) is 0 Å². The fraction of sp³-hybridized carbons (Fsp3) is 0.538. The van der Waals surface area contributed by atoms with Crippen LogP contribution in [0.1, 0.15) is 31.4 Å². The second-order valence-corrected chi connectivity index (χ2v) is 4.62. The molecule has 1 heterocycles. The molecule has 1 aromatic rings. The Kier molecular flexibility index (Phi) is 4.28. The maximum absolute atomic E-state index is 10.6. The molecule has 1 fully saturated rings. The van der Waals surface area contributed by atoms with Gasteiger partial charge in [-0.1, -0.05) is 12.1 Å². The highest BCUT2D eigenvalue weighted by Crippen LogP contribution is 2.19. The van der Waals surface area contributed by atoms with Crippen LogP contribution in [-0.2, 0) is 4.74 Å². The maximum atomic E-state index is 10.6. The van der Waals surface area contributed by atoms with E-state index in [2.05, 4.69) is 12.2 Å². The van der Waals surface area contributed by atoms with Gasteiger partial charge in [0.2, 0.25) is 0 Å². The molecule has 1 saturated heterocycles. The van der Waals surface area contributed by atoms with E-state index in [1.54, 1.807) is 12.1 Å². The van der Waals surface area contributed by atoms with E-state index in [0.717, 1.165) is 31.6 Å². The Bertz CT molecular complexity index is 399. The molecule has 0 amide bonds. The number of nitro benzene ring substituents is 1. The Morgan fingerprint density at radius 2 is 1.94 bits per heavy atom. The van der Waals surface area contributed by atoms with Crippen LogP contribution in [0.25, 0.3) is 0 Å². The topological polar surface area (TPSA) is 64.4 Å². The van der Waals surface area contributed by atoms with Gasteiger partial charge in [0.15, 0.2) is 0 Å². The number of nitro groups is 1. The summed E-state index contributed by atoms with van der Waals surface area (Å²) in [5, 5.41) is 14.1. The fourth-order valence-corrected chi connectivity index (χ4v) is 2.20. The van der Waals surface area contributed by atoms with E-state index in [9.17, 15) is 10.1 Å². The molecule has 0 saturated carbocycles. The van der Waals surface area contributed by atoms with Crippen molar-refractivity contribution < 1.29 is 9.66 Å². The number of ether oxygens (including phenoxy) is 1. The molecule has 98 valence electrons. The van der Waals surface area contributed by atoms with Gasteiger partial charge in [0.25, 0.3) is 5.69 Å². The first-order chi connectivity index (χ1) is 8.66. The predicted molar refractivity (Wildman–Crippen MR) is 68.5 cm³/mol. The van der Waals surface area contributed by atoms with Crippen LogP contribution in [0, 0.1) is 10.1 Å². The van der Waals surface area contributed by atoms with Gasteiger partial charge >= 0.3 is 0 Å². The zero-order chi connectivity index (χ0) is 13.0. The molecule has 0 radical (unpaired) electrons. The fourth-order valence-electron chi connectivity index (χ4n) is 2.20. The van der Waals surface area contributed by atoms with Crippen LogP contribution >= 0.6 is 0 Å². The molecule has 1 aliphatic heterocycles. The van der Waals surface area contributed by atoms with Crippen molar-refractivity contribution in [2.45, 2.75) is 31.8 Å². The van der Waals surface area contributed by atoms with Gasteiger partial charge in [-0.2, -0.15) is 0 Å². The number of hydrogen-bond donors (Lipinski definition) is 1. The first kappa shape index (κ1) is 13.0. The molecule has 0 spiro atoms. The SMILES string of the molecule is CC(NC1CCOCC1)c1ccc([N+](=O)[O-])cc1. The van der Waals surface area contributed by atoms with Crippen molar-refractivity contribution in [1.29, 1.82) is 0 Å². The summed E-state index contributed by atoms with van der Waals surface area (Å²) < 4.78 is 5.31. The number of hydrogen-bond acceptors (Lipinski definition) is 4. The highest BCUT2D eigenvalue weighted by atomic mass is 16.6. The molecule has 18 heavy (non-hydrogen) atoms. The number of rotatable bonds is 4. The Hall–Kier alpha value is -1.46. The molecule has 1 aliphatic rings. The third-order valence-electron chi connectivity index (χ3n) is 3.31. The average Bonchev–Trinajstić information content (AvgIpc) is 2.40. The Labute approximate surface area is 106 Å². The van der Waals surface area contributed by atoms with Crippen molar-refractivity contribution in [1.82, 2.24) is 5.32 Å². The molecule has 2 rings (SSSR count). The Balaban J connectivity index is 1.95. The van der Waals surface area contributed by atoms with Gasteiger partial charge < -0.3 is 10.1 Å². The van der Waals surface area contributed by atoms with Gasteiger partial charge in [0.05, 0.1) is 4.92 Å². The first-order valence-corrected chi connectivity index (χ1v) is 6.25. The monoisotopic (exact) mass is 250 g/mol. The lowest BCUT2D eigenvalue weighted by atomic mass is 10.0. The van der Waals surface area contributed by atoms with Crippen LogP contribution in [0.4, 0.5) is 5.69 Å². The molecule has 5 heteroatoms. The standard InChI is InChI=1S/C13H18N2O3/c1-10(14-12-6-8-18-9-7-12)11-2-4-13(5-3-11)15(16)17/h2-5,10,12,14H,6-9H2,1H3. The van der Waals surface area contributed by atoms with Gasteiger partial charge in [-0.3, -0.25) is 10.1 Å². The number of benzene rings is 1. The minimum absolute atomic E-state index is 0.136. The van der Waals surface area contributed by atoms with Crippen LogP contribution < -0.4 is 5.32 Å².